The molecule has 2 heterocycles. The van der Waals surface area contributed by atoms with Crippen molar-refractivity contribution in [1.82, 2.24) is 19.8 Å². The first kappa shape index (κ1) is 91.5. The molecule has 3 atom stereocenters. The Kier molecular flexibility index (Phi) is 58.6. The first-order valence-corrected chi connectivity index (χ1v) is 44.4. The summed E-state index contributed by atoms with van der Waals surface area (Å²) in [6.45, 7) is 23.6. The van der Waals surface area contributed by atoms with Gasteiger partial charge in [-0.2, -0.15) is 0 Å². The van der Waals surface area contributed by atoms with Gasteiger partial charge < -0.3 is 29.3 Å². The fourth-order valence-electron chi connectivity index (χ4n) is 14.6. The highest BCUT2D eigenvalue weighted by atomic mass is 32.1. The summed E-state index contributed by atoms with van der Waals surface area (Å²) in [5, 5.41) is 5.35. The molecule has 12 nitrogen and oxygen atoms in total. The summed E-state index contributed by atoms with van der Waals surface area (Å²) in [5.41, 5.74) is 1.68. The van der Waals surface area contributed by atoms with E-state index in [-0.39, 0.29) is 41.6 Å². The molecule has 2 aromatic heterocycles. The number of nitrogens with zero attached hydrogens (tertiary/aromatic N) is 4. The van der Waals surface area contributed by atoms with E-state index in [0.717, 1.165) is 258 Å². The van der Waals surface area contributed by atoms with Crippen LogP contribution in [0.4, 0.5) is 5.82 Å². The van der Waals surface area contributed by atoms with Gasteiger partial charge in [-0.15, -0.1) is 11.3 Å². The lowest BCUT2D eigenvalue weighted by Crippen LogP contribution is -2.32. The van der Waals surface area contributed by atoms with Gasteiger partial charge in [-0.05, 0) is 154 Å². The number of pyridine rings is 1. The number of esters is 3. The third kappa shape index (κ3) is 46.1. The first-order chi connectivity index (χ1) is 49.6. The number of nitrogens with one attached hydrogen (secondary N) is 1. The number of aryl methyl sites for hydroxylation is 1. The molecule has 13 heteroatoms. The van der Waals surface area contributed by atoms with Crippen LogP contribution in [0.2, 0.25) is 0 Å². The second-order valence-corrected chi connectivity index (χ2v) is 31.5. The molecule has 0 aliphatic heterocycles. The topological polar surface area (TPSA) is 140 Å². The van der Waals surface area contributed by atoms with E-state index in [9.17, 15) is 19.2 Å². The molecule has 101 heavy (non-hydrogen) atoms. The number of unbranched alkanes of at least 4 members (excludes halogenated alkanes) is 35. The van der Waals surface area contributed by atoms with Gasteiger partial charge in [0.15, 0.2) is 5.82 Å². The van der Waals surface area contributed by atoms with Crippen molar-refractivity contribution in [2.75, 3.05) is 64.4 Å². The molecule has 3 aromatic rings. The van der Waals surface area contributed by atoms with Crippen LogP contribution in [-0.4, -0.2) is 103 Å². The van der Waals surface area contributed by atoms with Crippen molar-refractivity contribution in [3.05, 3.63) is 29.3 Å². The van der Waals surface area contributed by atoms with Crippen molar-refractivity contribution >= 4 is 62.1 Å². The number of para-hydroxylation sites is 1. The molecule has 0 aliphatic rings. The molecule has 3 rings (SSSR count). The third-order valence-corrected chi connectivity index (χ3v) is 22.2. The average molecular weight is 1430 g/mol. The maximum absolute atomic E-state index is 13.6. The van der Waals surface area contributed by atoms with Crippen LogP contribution < -0.4 is 5.32 Å². The molecule has 0 spiro atoms. The zero-order valence-corrected chi connectivity index (χ0v) is 67.7. The third-order valence-electron chi connectivity index (χ3n) is 21.1. The molecule has 0 radical (unpaired) electrons. The van der Waals surface area contributed by atoms with E-state index >= 15 is 0 Å². The van der Waals surface area contributed by atoms with E-state index in [1.165, 1.54) is 154 Å². The summed E-state index contributed by atoms with van der Waals surface area (Å²) in [4.78, 5) is 69.3. The largest absolute Gasteiger partial charge is 0.465 e. The van der Waals surface area contributed by atoms with Crippen molar-refractivity contribution in [2.24, 2.45) is 17.8 Å². The minimum Gasteiger partial charge on any atom is -0.465 e. The Morgan fingerprint density at radius 3 is 1.06 bits per heavy atom. The Morgan fingerprint density at radius 1 is 0.366 bits per heavy atom. The molecule has 0 bridgehead atoms. The van der Waals surface area contributed by atoms with E-state index < -0.39 is 0 Å². The van der Waals surface area contributed by atoms with Crippen LogP contribution in [0, 0.1) is 17.8 Å². The molecule has 1 amide bonds. The number of thiazole rings is 1. The number of carbonyl (C=O) groups is 4. The van der Waals surface area contributed by atoms with E-state index in [1.54, 1.807) is 11.3 Å². The summed E-state index contributed by atoms with van der Waals surface area (Å²) in [6, 6.07) is 8.18. The number of aromatic nitrogens is 2. The second-order valence-electron chi connectivity index (χ2n) is 30.5. The number of fused-ring (bicyclic) bond motifs is 3. The Balaban J connectivity index is 1.64. The van der Waals surface area contributed by atoms with Crippen molar-refractivity contribution in [2.45, 2.75) is 402 Å². The van der Waals surface area contributed by atoms with Gasteiger partial charge in [-0.3, -0.25) is 19.2 Å². The van der Waals surface area contributed by atoms with Crippen LogP contribution in [0.25, 0.3) is 21.1 Å². The molecular formula is C88H157N5O7S. The maximum atomic E-state index is 13.6. The highest BCUT2D eigenvalue weighted by molar-refractivity contribution is 7.19. The summed E-state index contributed by atoms with van der Waals surface area (Å²) < 4.78 is 19.2. The van der Waals surface area contributed by atoms with E-state index in [0.29, 0.717) is 32.1 Å². The van der Waals surface area contributed by atoms with Gasteiger partial charge in [0.2, 0.25) is 5.91 Å². The minimum absolute atomic E-state index is 0.000336. The number of benzene rings is 1. The van der Waals surface area contributed by atoms with Gasteiger partial charge in [0.1, 0.15) is 5.52 Å². The maximum Gasteiger partial charge on any atom is 0.308 e. The number of amides is 1. The van der Waals surface area contributed by atoms with Gasteiger partial charge in [0.25, 0.3) is 0 Å². The minimum atomic E-state index is 0.000336. The number of rotatable bonds is 73. The SMILES string of the molecule is CCCCCCCCC(CCCCCC)C(=O)OCCCCCCN(CCCCCCOC(=O)C(CCCCCC)CCCCCCCC)CCCN(CCCCCCOC(=O)C(CCCCCC)CCCCCCCC)CCCCCC(=O)Nc1nc2ccccc2c2sc(CCC)nc12. The number of ether oxygens (including phenoxy) is 3. The van der Waals surface area contributed by atoms with Crippen LogP contribution in [-0.2, 0) is 39.8 Å². The molecule has 582 valence electrons. The standard InChI is InChI=1S/C88H157N5O7S/c1-8-15-21-27-30-43-61-76(58-40-24-18-11-4)86(95)98-73-53-36-33-49-67-92(68-50-34-37-54-74-99-87(96)77(59-41-25-19-12-5)62-44-31-28-22-16-9-2)71-56-72-93(69-51-35-38-55-75-100-88(97)78(60-42-26-20-13-6)63-45-32-29-23-17-10-3)70-52-39-46-66-81(94)90-85-83-84(101-82(91-83)57-14-7)79-64-47-48-65-80(79)89-85/h47-48,64-65,76-78H,8-46,49-63,66-75H2,1-7H3,(H,89,90,94). The average Bonchev–Trinajstić information content (AvgIpc) is 1.66. The van der Waals surface area contributed by atoms with Crippen molar-refractivity contribution in [1.29, 1.82) is 0 Å². The molecule has 0 saturated heterocycles. The summed E-state index contributed by atoms with van der Waals surface area (Å²) >= 11 is 1.72. The Labute approximate surface area is 624 Å². The quantitative estimate of drug-likeness (QED) is 0.0328. The number of hydrogen-bond donors (Lipinski definition) is 1. The summed E-state index contributed by atoms with van der Waals surface area (Å²) in [5.74, 6) is 0.850. The Hall–Kier alpha value is -3.68. The normalized spacial score (nSPS) is 12.7. The monoisotopic (exact) mass is 1430 g/mol. The Morgan fingerprint density at radius 2 is 0.683 bits per heavy atom. The highest BCUT2D eigenvalue weighted by Crippen LogP contribution is 2.35. The molecular weight excluding hydrogens is 1270 g/mol. The zero-order chi connectivity index (χ0) is 72.7. The predicted molar refractivity (Wildman–Crippen MR) is 433 cm³/mol. The number of anilines is 1. The molecule has 3 unspecified atom stereocenters. The number of carbonyl (C=O) groups excluding carboxylic acids is 4. The van der Waals surface area contributed by atoms with Crippen LogP contribution in [0.15, 0.2) is 24.3 Å². The van der Waals surface area contributed by atoms with Gasteiger partial charge in [0, 0.05) is 11.8 Å². The highest BCUT2D eigenvalue weighted by Gasteiger charge is 2.23. The van der Waals surface area contributed by atoms with Crippen LogP contribution >= 0.6 is 11.3 Å². The fraction of sp³-hybridized carbons (Fsp3) is 0.841. The van der Waals surface area contributed by atoms with Crippen molar-refractivity contribution < 1.29 is 33.4 Å². The molecule has 0 saturated carbocycles. The van der Waals surface area contributed by atoms with E-state index in [1.807, 2.05) is 18.2 Å². The predicted octanol–water partition coefficient (Wildman–Crippen LogP) is 25.6. The van der Waals surface area contributed by atoms with Crippen LogP contribution in [0.1, 0.15) is 400 Å². The molecule has 1 N–H and O–H groups in total. The Bertz CT molecular complexity index is 2390. The van der Waals surface area contributed by atoms with Crippen LogP contribution in [0.3, 0.4) is 0 Å². The van der Waals surface area contributed by atoms with Crippen LogP contribution in [0.5, 0.6) is 0 Å². The first-order valence-electron chi connectivity index (χ1n) is 43.5. The summed E-state index contributed by atoms with van der Waals surface area (Å²) in [7, 11) is 0. The summed E-state index contributed by atoms with van der Waals surface area (Å²) in [6.07, 6.45) is 61.7. The van der Waals surface area contributed by atoms with E-state index in [2.05, 4.69) is 69.6 Å². The lowest BCUT2D eigenvalue weighted by molar-refractivity contribution is -0.150. The smallest absolute Gasteiger partial charge is 0.308 e. The lowest BCUT2D eigenvalue weighted by atomic mass is 9.94. The van der Waals surface area contributed by atoms with Gasteiger partial charge in [-0.25, -0.2) is 9.97 Å². The lowest BCUT2D eigenvalue weighted by Gasteiger charge is -2.26. The van der Waals surface area contributed by atoms with E-state index in [4.69, 9.17) is 24.2 Å². The molecule has 1 aromatic carbocycles. The van der Waals surface area contributed by atoms with Crippen molar-refractivity contribution in [3.63, 3.8) is 0 Å². The molecule has 0 aliphatic carbocycles. The second kappa shape index (κ2) is 64.7. The molecule has 0 fully saturated rings. The van der Waals surface area contributed by atoms with Gasteiger partial charge >= 0.3 is 17.9 Å². The fourth-order valence-corrected chi connectivity index (χ4v) is 15.8. The van der Waals surface area contributed by atoms with Gasteiger partial charge in [0.05, 0.1) is 52.8 Å². The van der Waals surface area contributed by atoms with Crippen molar-refractivity contribution in [3.8, 4) is 0 Å². The van der Waals surface area contributed by atoms with Gasteiger partial charge in [-0.1, -0.05) is 304 Å². The number of hydrogen-bond acceptors (Lipinski definition) is 12. The zero-order valence-electron chi connectivity index (χ0n) is 66.9.